The fourth-order valence-electron chi connectivity index (χ4n) is 0.710. The summed E-state index contributed by atoms with van der Waals surface area (Å²) < 4.78 is 35.3. The number of rotatable bonds is 4. The van der Waals surface area contributed by atoms with Gasteiger partial charge in [-0.15, -0.1) is 0 Å². The lowest BCUT2D eigenvalue weighted by atomic mass is 10.1. The van der Waals surface area contributed by atoms with E-state index in [4.69, 9.17) is 16.6 Å². The van der Waals surface area contributed by atoms with Gasteiger partial charge in [-0.05, 0) is 6.42 Å². The number of aliphatic hydroxyl groups is 1. The zero-order valence-corrected chi connectivity index (χ0v) is 7.85. The van der Waals surface area contributed by atoms with Crippen molar-refractivity contribution >= 4 is 5.91 Å². The van der Waals surface area contributed by atoms with Crippen LogP contribution in [0.25, 0.3) is 0 Å². The van der Waals surface area contributed by atoms with Crippen molar-refractivity contribution in [2.24, 2.45) is 11.5 Å². The Bertz CT molecular complexity index is 188. The summed E-state index contributed by atoms with van der Waals surface area (Å²) in [5, 5.41) is 8.56. The van der Waals surface area contributed by atoms with E-state index in [1.807, 2.05) is 0 Å². The van der Waals surface area contributed by atoms with Gasteiger partial charge in [-0.25, -0.2) is 0 Å². The predicted octanol–water partition coefficient (Wildman–Crippen LogP) is -3.49. The van der Waals surface area contributed by atoms with Crippen molar-refractivity contribution in [2.75, 3.05) is 0 Å². The van der Waals surface area contributed by atoms with Crippen molar-refractivity contribution in [3.05, 3.63) is 0 Å². The quantitative estimate of drug-likeness (QED) is 0.473. The van der Waals surface area contributed by atoms with Gasteiger partial charge < -0.3 is 29.0 Å². The van der Waals surface area contributed by atoms with Crippen LogP contribution in [0.3, 0.4) is 0 Å². The molecule has 2 atom stereocenters. The van der Waals surface area contributed by atoms with Crippen molar-refractivity contribution in [1.82, 2.24) is 0 Å². The summed E-state index contributed by atoms with van der Waals surface area (Å²) in [5.41, 5.74) is 9.67. The molecule has 0 saturated heterocycles. The largest absolute Gasteiger partial charge is 1.00 e. The van der Waals surface area contributed by atoms with Gasteiger partial charge in [-0.3, -0.25) is 4.79 Å². The second-order valence-corrected chi connectivity index (χ2v) is 2.66. The van der Waals surface area contributed by atoms with Crippen LogP contribution in [0.1, 0.15) is 12.8 Å². The normalized spacial score (nSPS) is 15.5. The molecule has 0 aromatic carbocycles. The third-order valence-electron chi connectivity index (χ3n) is 1.46. The molecule has 4 nitrogen and oxygen atoms in total. The lowest BCUT2D eigenvalue weighted by Crippen LogP contribution is -3.00. The van der Waals surface area contributed by atoms with E-state index in [0.29, 0.717) is 0 Å². The zero-order chi connectivity index (χ0) is 10.6. The van der Waals surface area contributed by atoms with Gasteiger partial charge in [-0.2, -0.15) is 13.2 Å². The monoisotopic (exact) mass is 235 g/mol. The van der Waals surface area contributed by atoms with E-state index >= 15 is 0 Å². The highest BCUT2D eigenvalue weighted by Gasteiger charge is 2.41. The minimum Gasteiger partial charge on any atom is -1.00 e. The smallest absolute Gasteiger partial charge is 0.415 e. The van der Waals surface area contributed by atoms with E-state index < -0.39 is 24.2 Å². The Morgan fingerprint density at radius 1 is 1.43 bits per heavy atom. The molecule has 1 unspecified atom stereocenters. The zero-order valence-electron chi connectivity index (χ0n) is 7.09. The number of carbonyl (C=O) groups excluding carboxylic acids is 1. The molecule has 0 radical (unpaired) electrons. The van der Waals surface area contributed by atoms with Gasteiger partial charge in [0.1, 0.15) is 0 Å². The third kappa shape index (κ3) is 6.01. The number of amides is 1. The minimum atomic E-state index is -4.75. The molecule has 5 N–H and O–H groups in total. The van der Waals surface area contributed by atoms with Crippen LogP contribution in [0.4, 0.5) is 13.2 Å². The molecule has 14 heavy (non-hydrogen) atoms. The topological polar surface area (TPSA) is 89.3 Å². The highest BCUT2D eigenvalue weighted by atomic mass is 35.5. The van der Waals surface area contributed by atoms with Crippen LogP contribution >= 0.6 is 0 Å². The number of aliphatic hydroxyl groups excluding tert-OH is 1. The molecule has 8 heteroatoms. The van der Waals surface area contributed by atoms with E-state index in [2.05, 4.69) is 0 Å². The first-order chi connectivity index (χ1) is 5.75. The number of carbonyl (C=O) groups is 1. The van der Waals surface area contributed by atoms with E-state index in [9.17, 15) is 18.0 Å². The molecular formula is C6H11ClF3N2O2-. The van der Waals surface area contributed by atoms with Crippen molar-refractivity contribution in [1.29, 1.82) is 0 Å². The van der Waals surface area contributed by atoms with Crippen LogP contribution in [0.15, 0.2) is 0 Å². The summed E-state index contributed by atoms with van der Waals surface area (Å²) in [6, 6.07) is -1.51. The van der Waals surface area contributed by atoms with Gasteiger partial charge in [0, 0.05) is 12.5 Å². The Labute approximate surface area is 84.8 Å². The van der Waals surface area contributed by atoms with Crippen LogP contribution in [-0.4, -0.2) is 29.3 Å². The minimum absolute atomic E-state index is 0. The average Bonchev–Trinajstić information content (AvgIpc) is 1.96. The molecule has 86 valence electrons. The fourth-order valence-corrected chi connectivity index (χ4v) is 0.710. The van der Waals surface area contributed by atoms with E-state index in [-0.39, 0.29) is 25.2 Å². The van der Waals surface area contributed by atoms with Crippen LogP contribution in [-0.2, 0) is 4.79 Å². The molecule has 0 aliphatic carbocycles. The molecule has 1 amide bonds. The van der Waals surface area contributed by atoms with Crippen LogP contribution in [0.2, 0.25) is 0 Å². The molecule has 0 heterocycles. The average molecular weight is 236 g/mol. The Kier molecular flexibility index (Phi) is 6.88. The highest BCUT2D eigenvalue weighted by Crippen LogP contribution is 2.22. The predicted molar refractivity (Wildman–Crippen MR) is 38.5 cm³/mol. The lowest BCUT2D eigenvalue weighted by molar-refractivity contribution is -0.210. The maximum absolute atomic E-state index is 11.8. The van der Waals surface area contributed by atoms with Gasteiger partial charge in [0.2, 0.25) is 5.91 Å². The van der Waals surface area contributed by atoms with Gasteiger partial charge in [0.15, 0.2) is 6.10 Å². The Morgan fingerprint density at radius 2 is 1.86 bits per heavy atom. The first-order valence-corrected chi connectivity index (χ1v) is 3.54. The highest BCUT2D eigenvalue weighted by molar-refractivity contribution is 5.73. The van der Waals surface area contributed by atoms with E-state index in [1.54, 1.807) is 0 Å². The number of primary amides is 1. The number of alkyl halides is 3. The summed E-state index contributed by atoms with van der Waals surface area (Å²) in [6.07, 6.45) is -7.91. The Morgan fingerprint density at radius 3 is 2.14 bits per heavy atom. The van der Waals surface area contributed by atoms with Crippen molar-refractivity contribution in [3.8, 4) is 0 Å². The molecule has 0 bridgehead atoms. The second kappa shape index (κ2) is 6.05. The van der Waals surface area contributed by atoms with Gasteiger partial charge in [-0.1, -0.05) is 0 Å². The molecule has 0 aliphatic rings. The summed E-state index contributed by atoms with van der Waals surface area (Å²) in [7, 11) is 0. The Balaban J connectivity index is 0. The molecule has 0 aromatic heterocycles. The summed E-state index contributed by atoms with van der Waals surface area (Å²) >= 11 is 0. The van der Waals surface area contributed by atoms with E-state index in [0.717, 1.165) is 0 Å². The molecule has 0 spiro atoms. The maximum atomic E-state index is 11.8. The Hall–Kier alpha value is -0.530. The molecule has 0 rings (SSSR count). The molecule has 0 aromatic rings. The number of hydrogen-bond donors (Lipinski definition) is 3. The van der Waals surface area contributed by atoms with Gasteiger partial charge in [0.25, 0.3) is 0 Å². The summed E-state index contributed by atoms with van der Waals surface area (Å²) in [4.78, 5) is 10.2. The van der Waals surface area contributed by atoms with Gasteiger partial charge >= 0.3 is 6.18 Å². The maximum Gasteiger partial charge on any atom is 0.415 e. The molecule has 0 saturated carbocycles. The van der Waals surface area contributed by atoms with Crippen LogP contribution < -0.4 is 23.9 Å². The molecule has 0 aliphatic heterocycles. The third-order valence-corrected chi connectivity index (χ3v) is 1.46. The molecular weight excluding hydrogens is 225 g/mol. The number of hydrogen-bond acceptors (Lipinski definition) is 3. The van der Waals surface area contributed by atoms with Crippen LogP contribution in [0.5, 0.6) is 0 Å². The van der Waals surface area contributed by atoms with E-state index in [1.165, 1.54) is 0 Å². The first-order valence-electron chi connectivity index (χ1n) is 3.54. The summed E-state index contributed by atoms with van der Waals surface area (Å²) in [6.45, 7) is 0. The van der Waals surface area contributed by atoms with Crippen molar-refractivity contribution in [2.45, 2.75) is 31.2 Å². The van der Waals surface area contributed by atoms with Gasteiger partial charge in [0.05, 0.1) is 0 Å². The fraction of sp³-hybridized carbons (Fsp3) is 0.833. The lowest BCUT2D eigenvalue weighted by Gasteiger charge is -2.20. The SMILES string of the molecule is NC(=O)CC[C@H](N)C(O)C(F)(F)F.[Cl-]. The van der Waals surface area contributed by atoms with Crippen molar-refractivity contribution in [3.63, 3.8) is 0 Å². The summed E-state index contributed by atoms with van der Waals surface area (Å²) in [5.74, 6) is -0.746. The number of halogens is 4. The number of nitrogens with two attached hydrogens (primary N) is 2. The van der Waals surface area contributed by atoms with Crippen LogP contribution in [0, 0.1) is 0 Å². The molecule has 0 fully saturated rings. The van der Waals surface area contributed by atoms with Crippen molar-refractivity contribution < 1.29 is 35.5 Å². The standard InChI is InChI=1S/C6H11F3N2O2.ClH/c7-6(8,9)5(13)3(10)1-2-4(11)12;/h3,5,13H,1-2,10H2,(H2,11,12);1H/p-1/t3-,5?;/m0./s1. The first kappa shape index (κ1) is 15.9. The second-order valence-electron chi connectivity index (χ2n) is 2.66.